The first-order valence-electron chi connectivity index (χ1n) is 9.10. The first-order valence-corrected chi connectivity index (χ1v) is 9.48. The average molecular weight is 423 g/mol. The third-order valence-corrected chi connectivity index (χ3v) is 4.91. The Hall–Kier alpha value is -3.64. The first-order chi connectivity index (χ1) is 14.4. The minimum Gasteiger partial charge on any atom is -0.506 e. The normalized spacial score (nSPS) is 11.3. The summed E-state index contributed by atoms with van der Waals surface area (Å²) in [6, 6.07) is 14.4. The quantitative estimate of drug-likeness (QED) is 0.115. The average Bonchev–Trinajstić information content (AvgIpc) is 2.76. The van der Waals surface area contributed by atoms with Gasteiger partial charge in [-0.25, -0.2) is 4.79 Å². The van der Waals surface area contributed by atoms with Crippen LogP contribution in [0.5, 0.6) is 11.5 Å². The molecule has 0 atom stereocenters. The maximum Gasteiger partial charge on any atom is 0.338 e. The fourth-order valence-corrected chi connectivity index (χ4v) is 3.10. The lowest BCUT2D eigenvalue weighted by Gasteiger charge is -2.13. The Balaban J connectivity index is 2.08. The van der Waals surface area contributed by atoms with Crippen molar-refractivity contribution in [1.29, 1.82) is 0 Å². The number of esters is 1. The Kier molecular flexibility index (Phi) is 6.18. The number of carbonyl (C=O) groups is 2. The zero-order valence-corrected chi connectivity index (χ0v) is 16.9. The number of benzene rings is 3. The molecule has 0 aliphatic carbocycles. The van der Waals surface area contributed by atoms with Crippen LogP contribution >= 0.6 is 11.6 Å². The molecule has 7 heteroatoms. The van der Waals surface area contributed by atoms with Crippen molar-refractivity contribution >= 4 is 39.8 Å². The highest BCUT2D eigenvalue weighted by molar-refractivity contribution is 6.53. The zero-order valence-electron chi connectivity index (χ0n) is 16.2. The van der Waals surface area contributed by atoms with Crippen LogP contribution in [-0.2, 0) is 4.79 Å². The predicted octanol–water partition coefficient (Wildman–Crippen LogP) is 4.62. The van der Waals surface area contributed by atoms with E-state index in [0.29, 0.717) is 34.1 Å². The number of phenolic OH excluding ortho intramolecular Hbond substituents is 1. The molecule has 3 rings (SSSR count). The fourth-order valence-electron chi connectivity index (χ4n) is 2.92. The number of nitrogens with two attached hydrogens (primary N) is 1. The van der Waals surface area contributed by atoms with Gasteiger partial charge in [-0.05, 0) is 42.1 Å². The van der Waals surface area contributed by atoms with Crippen molar-refractivity contribution in [3.8, 4) is 11.5 Å². The maximum absolute atomic E-state index is 13.0. The SMILES string of the molecule is C=C(CC)C(=O)Oc1ccc(C(=NN)C(=O)c2ccc(O)c(Cl)c2)c2ccccc12. The van der Waals surface area contributed by atoms with Gasteiger partial charge >= 0.3 is 5.97 Å². The van der Waals surface area contributed by atoms with Crippen molar-refractivity contribution in [2.24, 2.45) is 10.9 Å². The second-order valence-corrected chi connectivity index (χ2v) is 6.88. The topological polar surface area (TPSA) is 102 Å². The van der Waals surface area contributed by atoms with Crippen LogP contribution in [0.1, 0.15) is 29.3 Å². The van der Waals surface area contributed by atoms with Crippen LogP contribution in [0.2, 0.25) is 5.02 Å². The smallest absolute Gasteiger partial charge is 0.338 e. The van der Waals surface area contributed by atoms with E-state index in [1.807, 2.05) is 6.92 Å². The van der Waals surface area contributed by atoms with E-state index in [1.165, 1.54) is 18.2 Å². The number of hydrogen-bond donors (Lipinski definition) is 2. The van der Waals surface area contributed by atoms with E-state index in [2.05, 4.69) is 11.7 Å². The molecule has 0 aliphatic rings. The van der Waals surface area contributed by atoms with Crippen LogP contribution in [0.3, 0.4) is 0 Å². The molecule has 6 nitrogen and oxygen atoms in total. The van der Waals surface area contributed by atoms with Gasteiger partial charge in [0.2, 0.25) is 5.78 Å². The molecule has 152 valence electrons. The molecule has 0 aromatic heterocycles. The summed E-state index contributed by atoms with van der Waals surface area (Å²) in [6.45, 7) is 5.51. The van der Waals surface area contributed by atoms with Gasteiger partial charge in [0.05, 0.1) is 5.02 Å². The maximum atomic E-state index is 13.0. The van der Waals surface area contributed by atoms with E-state index in [-0.39, 0.29) is 22.0 Å². The molecule has 0 spiro atoms. The largest absolute Gasteiger partial charge is 0.506 e. The van der Waals surface area contributed by atoms with Gasteiger partial charge in [0.25, 0.3) is 0 Å². The summed E-state index contributed by atoms with van der Waals surface area (Å²) in [5.74, 6) is 4.79. The minimum atomic E-state index is -0.516. The lowest BCUT2D eigenvalue weighted by Crippen LogP contribution is -2.18. The van der Waals surface area contributed by atoms with Crippen molar-refractivity contribution < 1.29 is 19.4 Å². The third-order valence-electron chi connectivity index (χ3n) is 4.61. The Bertz CT molecular complexity index is 1200. The summed E-state index contributed by atoms with van der Waals surface area (Å²) in [5.41, 5.74) is 1.05. The Labute approximate surface area is 178 Å². The van der Waals surface area contributed by atoms with E-state index >= 15 is 0 Å². The number of fused-ring (bicyclic) bond motifs is 1. The summed E-state index contributed by atoms with van der Waals surface area (Å²) in [4.78, 5) is 25.2. The van der Waals surface area contributed by atoms with Crippen LogP contribution in [-0.4, -0.2) is 22.6 Å². The van der Waals surface area contributed by atoms with Crippen LogP contribution < -0.4 is 10.6 Å². The summed E-state index contributed by atoms with van der Waals surface area (Å²) < 4.78 is 5.48. The van der Waals surface area contributed by atoms with E-state index in [4.69, 9.17) is 22.2 Å². The molecule has 0 radical (unpaired) electrons. The number of aromatic hydroxyl groups is 1. The molecule has 0 saturated carbocycles. The van der Waals surface area contributed by atoms with Gasteiger partial charge in [-0.3, -0.25) is 4.79 Å². The second kappa shape index (κ2) is 8.80. The number of hydrazone groups is 1. The van der Waals surface area contributed by atoms with Crippen LogP contribution in [0, 0.1) is 0 Å². The molecule has 0 saturated heterocycles. The van der Waals surface area contributed by atoms with Gasteiger partial charge in [-0.15, -0.1) is 0 Å². The van der Waals surface area contributed by atoms with E-state index < -0.39 is 11.8 Å². The highest BCUT2D eigenvalue weighted by Gasteiger charge is 2.21. The molecular formula is C23H19ClN2O4. The van der Waals surface area contributed by atoms with Gasteiger partial charge < -0.3 is 15.7 Å². The Morgan fingerprint density at radius 1 is 1.13 bits per heavy atom. The Morgan fingerprint density at radius 3 is 2.47 bits per heavy atom. The second-order valence-electron chi connectivity index (χ2n) is 6.48. The highest BCUT2D eigenvalue weighted by Crippen LogP contribution is 2.31. The van der Waals surface area contributed by atoms with Gasteiger partial charge in [0.1, 0.15) is 17.2 Å². The lowest BCUT2D eigenvalue weighted by atomic mass is 9.95. The molecule has 0 fully saturated rings. The number of carbonyl (C=O) groups excluding carboxylic acids is 2. The van der Waals surface area contributed by atoms with Crippen molar-refractivity contribution in [3.05, 3.63) is 82.9 Å². The lowest BCUT2D eigenvalue weighted by molar-refractivity contribution is -0.130. The van der Waals surface area contributed by atoms with Crippen molar-refractivity contribution in [3.63, 3.8) is 0 Å². The van der Waals surface area contributed by atoms with Crippen molar-refractivity contribution in [2.75, 3.05) is 0 Å². The van der Waals surface area contributed by atoms with Crippen LogP contribution in [0.15, 0.2) is 71.9 Å². The monoisotopic (exact) mass is 422 g/mol. The van der Waals surface area contributed by atoms with E-state index in [9.17, 15) is 14.7 Å². The van der Waals surface area contributed by atoms with E-state index in [0.717, 1.165) is 0 Å². The van der Waals surface area contributed by atoms with Gasteiger partial charge in [-0.2, -0.15) is 5.10 Å². The number of nitrogens with zero attached hydrogens (tertiary/aromatic N) is 1. The number of ketones is 1. The number of halogens is 1. The van der Waals surface area contributed by atoms with Crippen molar-refractivity contribution in [2.45, 2.75) is 13.3 Å². The number of rotatable bonds is 6. The number of hydrogen-bond acceptors (Lipinski definition) is 6. The third kappa shape index (κ3) is 4.04. The minimum absolute atomic E-state index is 0.00352. The number of phenols is 1. The molecule has 3 aromatic carbocycles. The molecule has 0 bridgehead atoms. The highest BCUT2D eigenvalue weighted by atomic mass is 35.5. The summed E-state index contributed by atoms with van der Waals surface area (Å²) >= 11 is 5.92. The molecule has 0 amide bonds. The molecular weight excluding hydrogens is 404 g/mol. The molecule has 3 aromatic rings. The number of ether oxygens (including phenoxy) is 1. The standard InChI is InChI=1S/C23H19ClN2O4/c1-3-13(2)23(29)30-20-11-9-17(15-6-4-5-7-16(15)20)21(26-25)22(28)14-8-10-19(27)18(24)12-14/h4-12,27H,2-3,25H2,1H3. The molecule has 0 aliphatic heterocycles. The summed E-state index contributed by atoms with van der Waals surface area (Å²) in [5, 5.41) is 14.6. The first kappa shape index (κ1) is 21.1. The molecule has 3 N–H and O–H groups in total. The summed E-state index contributed by atoms with van der Waals surface area (Å²) in [6.07, 6.45) is 0.475. The predicted molar refractivity (Wildman–Crippen MR) is 117 cm³/mol. The molecule has 0 heterocycles. The van der Waals surface area contributed by atoms with Crippen LogP contribution in [0.25, 0.3) is 10.8 Å². The number of Topliss-reactive ketones (excluding diaryl/α,β-unsaturated/α-hetero) is 1. The molecule has 0 unspecified atom stereocenters. The van der Waals surface area contributed by atoms with Gasteiger partial charge in [0.15, 0.2) is 0 Å². The van der Waals surface area contributed by atoms with Crippen LogP contribution in [0.4, 0.5) is 0 Å². The zero-order chi connectivity index (χ0) is 21.8. The van der Waals surface area contributed by atoms with E-state index in [1.54, 1.807) is 36.4 Å². The Morgan fingerprint density at radius 2 is 1.83 bits per heavy atom. The fraction of sp³-hybridized carbons (Fsp3) is 0.0870. The molecule has 30 heavy (non-hydrogen) atoms. The summed E-state index contributed by atoms with van der Waals surface area (Å²) in [7, 11) is 0. The van der Waals surface area contributed by atoms with Gasteiger partial charge in [0, 0.05) is 22.1 Å². The van der Waals surface area contributed by atoms with Crippen molar-refractivity contribution in [1.82, 2.24) is 0 Å². The van der Waals surface area contributed by atoms with Gasteiger partial charge in [-0.1, -0.05) is 49.4 Å².